The molecule has 94 valence electrons. The summed E-state index contributed by atoms with van der Waals surface area (Å²) >= 11 is 0. The van der Waals surface area contributed by atoms with Crippen molar-refractivity contribution in [1.82, 2.24) is 15.3 Å². The molecule has 1 aromatic heterocycles. The summed E-state index contributed by atoms with van der Waals surface area (Å²) in [4.78, 5) is 10.9. The lowest BCUT2D eigenvalue weighted by molar-refractivity contribution is 0.396. The average Bonchev–Trinajstić information content (AvgIpc) is 2.89. The van der Waals surface area contributed by atoms with Crippen LogP contribution in [0.25, 0.3) is 0 Å². The Hall–Kier alpha value is -1.36. The van der Waals surface area contributed by atoms with Gasteiger partial charge >= 0.3 is 0 Å². The Bertz CT molecular complexity index is 352. The molecule has 1 aromatic rings. The van der Waals surface area contributed by atoms with Crippen LogP contribution < -0.4 is 15.0 Å². The number of anilines is 1. The highest BCUT2D eigenvalue weighted by Crippen LogP contribution is 2.14. The van der Waals surface area contributed by atoms with E-state index >= 15 is 0 Å². The summed E-state index contributed by atoms with van der Waals surface area (Å²) in [6, 6.07) is 2.33. The van der Waals surface area contributed by atoms with Crippen molar-refractivity contribution in [3.8, 4) is 5.88 Å². The fraction of sp³-hybridized carbons (Fsp3) is 0.667. The van der Waals surface area contributed by atoms with Crippen LogP contribution in [0, 0.1) is 0 Å². The van der Waals surface area contributed by atoms with Gasteiger partial charge in [-0.1, -0.05) is 0 Å². The molecule has 1 fully saturated rings. The molecule has 5 heteroatoms. The summed E-state index contributed by atoms with van der Waals surface area (Å²) in [5, 5.41) is 3.49. The summed E-state index contributed by atoms with van der Waals surface area (Å²) in [7, 11) is 1.63. The van der Waals surface area contributed by atoms with Crippen LogP contribution in [0.15, 0.2) is 12.3 Å². The molecule has 2 heterocycles. The van der Waals surface area contributed by atoms with Crippen LogP contribution in [0.3, 0.4) is 0 Å². The van der Waals surface area contributed by atoms with Gasteiger partial charge in [0.25, 0.3) is 0 Å². The number of likely N-dealkylation sites (N-methyl/N-ethyl adjacent to an activating group) is 1. The molecule has 0 amide bonds. The summed E-state index contributed by atoms with van der Waals surface area (Å²) in [5.41, 5.74) is 0. The highest BCUT2D eigenvalue weighted by atomic mass is 16.5. The van der Waals surface area contributed by atoms with Gasteiger partial charge in [-0.2, -0.15) is 4.98 Å². The van der Waals surface area contributed by atoms with Crippen molar-refractivity contribution in [3.63, 3.8) is 0 Å². The fourth-order valence-electron chi connectivity index (χ4n) is 2.13. The second-order valence-electron chi connectivity index (χ2n) is 4.23. The third-order valence-electron chi connectivity index (χ3n) is 3.09. The van der Waals surface area contributed by atoms with E-state index in [9.17, 15) is 0 Å². The molecule has 0 aromatic carbocycles. The lowest BCUT2D eigenvalue weighted by Crippen LogP contribution is -2.38. The zero-order chi connectivity index (χ0) is 12.1. The molecular formula is C12H20N4O. The molecule has 1 atom stereocenters. The molecule has 0 spiro atoms. The lowest BCUT2D eigenvalue weighted by Gasteiger charge is -2.24. The zero-order valence-corrected chi connectivity index (χ0v) is 10.5. The first kappa shape index (κ1) is 12.1. The molecule has 1 aliphatic rings. The molecule has 5 nitrogen and oxygen atoms in total. The van der Waals surface area contributed by atoms with Crippen molar-refractivity contribution in [1.29, 1.82) is 0 Å². The van der Waals surface area contributed by atoms with Crippen molar-refractivity contribution >= 4 is 5.95 Å². The van der Waals surface area contributed by atoms with E-state index in [4.69, 9.17) is 4.74 Å². The first-order chi connectivity index (χ1) is 8.33. The lowest BCUT2D eigenvalue weighted by atomic mass is 10.2. The number of ether oxygens (including phenoxy) is 1. The van der Waals surface area contributed by atoms with Crippen LogP contribution in [0.1, 0.15) is 19.8 Å². The Morgan fingerprint density at radius 3 is 3.12 bits per heavy atom. The van der Waals surface area contributed by atoms with Gasteiger partial charge in [-0.3, -0.25) is 0 Å². The Morgan fingerprint density at radius 2 is 2.47 bits per heavy atom. The largest absolute Gasteiger partial charge is 0.481 e. The van der Waals surface area contributed by atoms with Crippen molar-refractivity contribution in [2.24, 2.45) is 0 Å². The van der Waals surface area contributed by atoms with E-state index in [1.165, 1.54) is 12.8 Å². The Kier molecular flexibility index (Phi) is 4.14. The zero-order valence-electron chi connectivity index (χ0n) is 10.5. The van der Waals surface area contributed by atoms with Crippen LogP contribution in [0.5, 0.6) is 5.88 Å². The van der Waals surface area contributed by atoms with Crippen molar-refractivity contribution in [2.45, 2.75) is 25.8 Å². The summed E-state index contributed by atoms with van der Waals surface area (Å²) in [6.45, 7) is 5.12. The van der Waals surface area contributed by atoms with Gasteiger partial charge in [-0.05, 0) is 26.3 Å². The third-order valence-corrected chi connectivity index (χ3v) is 3.09. The van der Waals surface area contributed by atoms with Crippen LogP contribution in [0.2, 0.25) is 0 Å². The monoisotopic (exact) mass is 236 g/mol. The van der Waals surface area contributed by atoms with Gasteiger partial charge in [0.1, 0.15) is 0 Å². The molecule has 0 aliphatic carbocycles. The minimum atomic E-state index is 0.560. The van der Waals surface area contributed by atoms with Gasteiger partial charge in [0.15, 0.2) is 0 Å². The van der Waals surface area contributed by atoms with E-state index in [0.717, 1.165) is 25.6 Å². The van der Waals surface area contributed by atoms with Crippen LogP contribution >= 0.6 is 0 Å². The topological polar surface area (TPSA) is 50.3 Å². The predicted octanol–water partition coefficient (Wildman–Crippen LogP) is 1.06. The number of methoxy groups -OCH3 is 1. The van der Waals surface area contributed by atoms with Crippen molar-refractivity contribution < 1.29 is 4.74 Å². The van der Waals surface area contributed by atoms with Crippen molar-refractivity contribution in [3.05, 3.63) is 12.3 Å². The minimum absolute atomic E-state index is 0.560. The molecule has 17 heavy (non-hydrogen) atoms. The minimum Gasteiger partial charge on any atom is -0.481 e. The standard InChI is InChI=1S/C12H20N4O/c1-3-16(9-10-5-4-7-13-10)12-14-8-6-11(15-12)17-2/h6,8,10,13H,3-5,7,9H2,1-2H3. The van der Waals surface area contributed by atoms with E-state index in [0.29, 0.717) is 11.9 Å². The SMILES string of the molecule is CCN(CC1CCCN1)c1nccc(OC)n1. The second-order valence-corrected chi connectivity index (χ2v) is 4.23. The summed E-state index contributed by atoms with van der Waals surface area (Å²) in [6.07, 6.45) is 4.24. The fourth-order valence-corrected chi connectivity index (χ4v) is 2.13. The molecule has 0 radical (unpaired) electrons. The number of nitrogens with zero attached hydrogens (tertiary/aromatic N) is 3. The molecule has 1 aliphatic heterocycles. The number of aromatic nitrogens is 2. The van der Waals surface area contributed by atoms with Gasteiger partial charge in [0.2, 0.25) is 11.8 Å². The predicted molar refractivity (Wildman–Crippen MR) is 67.5 cm³/mol. The first-order valence-corrected chi connectivity index (χ1v) is 6.19. The van der Waals surface area contributed by atoms with Crippen molar-refractivity contribution in [2.75, 3.05) is 31.6 Å². The smallest absolute Gasteiger partial charge is 0.228 e. The molecule has 2 rings (SSSR count). The van der Waals surface area contributed by atoms with Crippen LogP contribution in [-0.4, -0.2) is 42.8 Å². The molecule has 0 bridgehead atoms. The maximum Gasteiger partial charge on any atom is 0.228 e. The van der Waals surface area contributed by atoms with Gasteiger partial charge in [0, 0.05) is 31.4 Å². The van der Waals surface area contributed by atoms with E-state index < -0.39 is 0 Å². The number of hydrogen-bond acceptors (Lipinski definition) is 5. The quantitative estimate of drug-likeness (QED) is 0.828. The third kappa shape index (κ3) is 3.06. The number of nitrogens with one attached hydrogen (secondary N) is 1. The van der Waals surface area contributed by atoms with Crippen LogP contribution in [0.4, 0.5) is 5.95 Å². The Balaban J connectivity index is 2.04. The highest BCUT2D eigenvalue weighted by Gasteiger charge is 2.18. The second kappa shape index (κ2) is 5.82. The Morgan fingerprint density at radius 1 is 1.59 bits per heavy atom. The molecule has 1 unspecified atom stereocenters. The normalized spacial score (nSPS) is 19.3. The van der Waals surface area contributed by atoms with Gasteiger partial charge in [0.05, 0.1) is 7.11 Å². The average molecular weight is 236 g/mol. The van der Waals surface area contributed by atoms with Gasteiger partial charge < -0.3 is 15.0 Å². The molecule has 1 N–H and O–H groups in total. The first-order valence-electron chi connectivity index (χ1n) is 6.19. The Labute approximate surface area is 102 Å². The number of rotatable bonds is 5. The summed E-state index contributed by atoms with van der Waals surface area (Å²) in [5.74, 6) is 1.37. The summed E-state index contributed by atoms with van der Waals surface area (Å²) < 4.78 is 5.13. The van der Waals surface area contributed by atoms with Crippen LogP contribution in [-0.2, 0) is 0 Å². The number of hydrogen-bond donors (Lipinski definition) is 1. The van der Waals surface area contributed by atoms with E-state index in [-0.39, 0.29) is 0 Å². The van der Waals surface area contributed by atoms with E-state index in [1.54, 1.807) is 19.4 Å². The van der Waals surface area contributed by atoms with Gasteiger partial charge in [-0.25, -0.2) is 4.98 Å². The molecule has 1 saturated heterocycles. The maximum absolute atomic E-state index is 5.13. The molecule has 0 saturated carbocycles. The highest BCUT2D eigenvalue weighted by molar-refractivity contribution is 5.32. The van der Waals surface area contributed by atoms with E-state index in [2.05, 4.69) is 27.1 Å². The van der Waals surface area contributed by atoms with E-state index in [1.807, 2.05) is 0 Å². The van der Waals surface area contributed by atoms with Gasteiger partial charge in [-0.15, -0.1) is 0 Å². The molecular weight excluding hydrogens is 216 g/mol. The maximum atomic E-state index is 5.13.